The predicted molar refractivity (Wildman–Crippen MR) is 252 cm³/mol. The second-order valence-corrected chi connectivity index (χ2v) is 20.6. The van der Waals surface area contributed by atoms with Crippen LogP contribution >= 0.6 is 0 Å². The number of hydrogen-bond acceptors (Lipinski definition) is 20. The third-order valence-electron chi connectivity index (χ3n) is 10.5. The zero-order valence-corrected chi connectivity index (χ0v) is 41.6. The molecule has 8 aromatic rings. The number of aliphatic hydroxyl groups is 2. The molecule has 380 valence electrons. The Bertz CT molecular complexity index is 3140. The molecule has 0 saturated heterocycles. The fourth-order valence-corrected chi connectivity index (χ4v) is 10.8. The van der Waals surface area contributed by atoms with Crippen molar-refractivity contribution in [3.63, 3.8) is 0 Å². The average Bonchev–Trinajstić information content (AvgIpc) is 4.15. The van der Waals surface area contributed by atoms with Gasteiger partial charge >= 0.3 is 0 Å². The zero-order valence-electron chi connectivity index (χ0n) is 39.9. The van der Waals surface area contributed by atoms with Crippen LogP contribution in [0.2, 0.25) is 0 Å². The normalized spacial score (nSPS) is 13.4. The Kier molecular flexibility index (Phi) is 15.2. The molecule has 0 radical (unpaired) electrons. The van der Waals surface area contributed by atoms with Gasteiger partial charge in [-0.2, -0.15) is 0 Å². The highest BCUT2D eigenvalue weighted by atomic mass is 32.2. The zero-order chi connectivity index (χ0) is 52.2. The van der Waals surface area contributed by atoms with Gasteiger partial charge in [-0.15, -0.1) is 20.4 Å². The van der Waals surface area contributed by atoms with E-state index >= 15 is 0 Å². The summed E-state index contributed by atoms with van der Waals surface area (Å²) < 4.78 is 116. The van der Waals surface area contributed by atoms with Crippen molar-refractivity contribution >= 4 is 19.7 Å². The van der Waals surface area contributed by atoms with Crippen molar-refractivity contribution < 1.29 is 63.6 Å². The predicted octanol–water partition coefficient (Wildman–Crippen LogP) is 5.21. The number of rotatable bonds is 18. The number of furan rings is 2. The van der Waals surface area contributed by atoms with E-state index in [0.29, 0.717) is 57.4 Å². The van der Waals surface area contributed by atoms with Crippen molar-refractivity contribution in [3.8, 4) is 57.5 Å². The lowest BCUT2D eigenvalue weighted by molar-refractivity contribution is 0.0712. The summed E-state index contributed by atoms with van der Waals surface area (Å²) in [7, 11) is -2.21. The topological polar surface area (TPSA) is 285 Å². The number of ether oxygens (including phenoxy) is 4. The molecular formula is C46H48F2N10O12S2. The Morgan fingerprint density at radius 3 is 1.14 bits per heavy atom. The SMILES string of the molecule is COc1cccc(OC)c1-n1c(CS(=O)(=O)C[C@@](C)(O)c2ncc(F)cn2)nnc1-c1ccc(C)o1.COc1cccc(OC)c1-n1c(CS(=O)(=O)C[C@](C)(O)c2ncc(F)cn2)nnc1-c1ccc(C)o1. The lowest BCUT2D eigenvalue weighted by Gasteiger charge is -2.21. The van der Waals surface area contributed by atoms with Crippen LogP contribution in [0.15, 0.2) is 94.3 Å². The van der Waals surface area contributed by atoms with Gasteiger partial charge in [0, 0.05) is 0 Å². The van der Waals surface area contributed by atoms with E-state index in [9.17, 15) is 35.8 Å². The van der Waals surface area contributed by atoms with Gasteiger partial charge < -0.3 is 38.0 Å². The highest BCUT2D eigenvalue weighted by Gasteiger charge is 2.37. The van der Waals surface area contributed by atoms with E-state index in [1.54, 1.807) is 74.5 Å². The van der Waals surface area contributed by atoms with Gasteiger partial charge in [0.25, 0.3) is 0 Å². The molecule has 0 aliphatic rings. The smallest absolute Gasteiger partial charge is 0.204 e. The molecule has 0 unspecified atom stereocenters. The minimum atomic E-state index is -4.04. The molecular weight excluding hydrogens is 987 g/mol. The minimum absolute atomic E-state index is 0.0256. The van der Waals surface area contributed by atoms with Crippen molar-refractivity contribution in [2.45, 2.75) is 50.4 Å². The first-order chi connectivity index (χ1) is 34.1. The number of nitrogens with zero attached hydrogens (tertiary/aromatic N) is 10. The molecule has 0 aliphatic heterocycles. The Hall–Kier alpha value is -7.68. The highest BCUT2D eigenvalue weighted by molar-refractivity contribution is 7.90. The second-order valence-electron chi connectivity index (χ2n) is 16.5. The lowest BCUT2D eigenvalue weighted by Crippen LogP contribution is -2.34. The maximum atomic E-state index is 13.2. The monoisotopic (exact) mass is 1030 g/mol. The summed E-state index contributed by atoms with van der Waals surface area (Å²) in [5.74, 6) is -0.651. The third-order valence-corrected chi connectivity index (χ3v) is 13.9. The standard InChI is InChI=1S/2C23H24FN5O6S/c2*1-14-8-9-18(35-14)21-28-27-19(29(21)20-16(33-3)6-5-7-17(20)34-4)12-36(31,32)13-23(2,30)22-25-10-15(24)11-26-22/h2*5-11,30H,12-13H2,1-4H3/t2*23-/m10/s1. The van der Waals surface area contributed by atoms with Crippen molar-refractivity contribution in [3.05, 3.63) is 132 Å². The maximum absolute atomic E-state index is 13.2. The van der Waals surface area contributed by atoms with Crippen LogP contribution in [0.5, 0.6) is 23.0 Å². The molecule has 2 N–H and O–H groups in total. The number of para-hydroxylation sites is 2. The number of hydrogen-bond donors (Lipinski definition) is 2. The summed E-state index contributed by atoms with van der Waals surface area (Å²) in [6.45, 7) is 6.00. The maximum Gasteiger partial charge on any atom is 0.204 e. The van der Waals surface area contributed by atoms with Gasteiger partial charge in [0.2, 0.25) is 11.6 Å². The molecule has 2 aromatic carbocycles. The summed E-state index contributed by atoms with van der Waals surface area (Å²) in [5, 5.41) is 38.2. The summed E-state index contributed by atoms with van der Waals surface area (Å²) >= 11 is 0. The molecule has 8 rings (SSSR count). The van der Waals surface area contributed by atoms with E-state index in [0.717, 1.165) is 24.8 Å². The van der Waals surface area contributed by atoms with Crippen LogP contribution in [0, 0.1) is 25.5 Å². The van der Waals surface area contributed by atoms with E-state index in [2.05, 4.69) is 40.3 Å². The molecule has 6 aromatic heterocycles. The molecule has 6 heterocycles. The Labute approximate surface area is 411 Å². The van der Waals surface area contributed by atoms with E-state index in [1.165, 1.54) is 51.4 Å². The highest BCUT2D eigenvalue weighted by Crippen LogP contribution is 2.39. The average molecular weight is 1040 g/mol. The Morgan fingerprint density at radius 2 is 0.861 bits per heavy atom. The van der Waals surface area contributed by atoms with Crippen LogP contribution in [-0.4, -0.2) is 116 Å². The number of aryl methyl sites for hydroxylation is 2. The quantitative estimate of drug-likeness (QED) is 0.112. The summed E-state index contributed by atoms with van der Waals surface area (Å²) in [6, 6.07) is 17.0. The summed E-state index contributed by atoms with van der Waals surface area (Å²) in [4.78, 5) is 14.9. The van der Waals surface area contributed by atoms with Crippen molar-refractivity contribution in [1.29, 1.82) is 0 Å². The molecule has 0 bridgehead atoms. The number of methoxy groups -OCH3 is 4. The van der Waals surface area contributed by atoms with Gasteiger partial charge in [-0.05, 0) is 76.2 Å². The van der Waals surface area contributed by atoms with Gasteiger partial charge in [0.05, 0.1) is 64.7 Å². The fraction of sp³-hybridized carbons (Fsp3) is 0.304. The van der Waals surface area contributed by atoms with Crippen LogP contribution in [0.1, 0.15) is 48.7 Å². The van der Waals surface area contributed by atoms with Gasteiger partial charge in [-0.3, -0.25) is 9.13 Å². The number of halogens is 2. The molecule has 26 heteroatoms. The largest absolute Gasteiger partial charge is 0.494 e. The number of benzene rings is 2. The van der Waals surface area contributed by atoms with Gasteiger partial charge in [0.15, 0.2) is 66.1 Å². The molecule has 72 heavy (non-hydrogen) atoms. The van der Waals surface area contributed by atoms with Crippen molar-refractivity contribution in [2.75, 3.05) is 39.9 Å². The van der Waals surface area contributed by atoms with Gasteiger partial charge in [0.1, 0.15) is 68.6 Å². The second kappa shape index (κ2) is 21.0. The van der Waals surface area contributed by atoms with Crippen molar-refractivity contribution in [1.82, 2.24) is 49.5 Å². The Balaban J connectivity index is 0.000000211. The molecule has 22 nitrogen and oxygen atoms in total. The number of sulfone groups is 2. The van der Waals surface area contributed by atoms with E-state index in [1.807, 2.05) is 0 Å². The molecule has 0 aliphatic carbocycles. The Morgan fingerprint density at radius 1 is 0.542 bits per heavy atom. The molecule has 0 amide bonds. The van der Waals surface area contributed by atoms with Crippen molar-refractivity contribution in [2.24, 2.45) is 0 Å². The minimum Gasteiger partial charge on any atom is -0.494 e. The van der Waals surface area contributed by atoms with E-state index in [-0.39, 0.29) is 34.9 Å². The third kappa shape index (κ3) is 11.6. The summed E-state index contributed by atoms with van der Waals surface area (Å²) in [5.41, 5.74) is -3.23. The van der Waals surface area contributed by atoms with Crippen LogP contribution in [0.4, 0.5) is 8.78 Å². The van der Waals surface area contributed by atoms with E-state index in [4.69, 9.17) is 27.8 Å². The first-order valence-corrected chi connectivity index (χ1v) is 25.0. The summed E-state index contributed by atoms with van der Waals surface area (Å²) in [6.07, 6.45) is 3.41. The van der Waals surface area contributed by atoms with Crippen LogP contribution in [-0.2, 0) is 42.4 Å². The fourth-order valence-electron chi connectivity index (χ4n) is 7.48. The molecule has 2 atom stereocenters. The molecule has 0 saturated carbocycles. The first kappa shape index (κ1) is 52.2. The van der Waals surface area contributed by atoms with Crippen LogP contribution < -0.4 is 18.9 Å². The van der Waals surface area contributed by atoms with E-state index < -0.39 is 65.5 Å². The van der Waals surface area contributed by atoms with Crippen LogP contribution in [0.25, 0.3) is 34.5 Å². The first-order valence-electron chi connectivity index (χ1n) is 21.4. The lowest BCUT2D eigenvalue weighted by atomic mass is 10.1. The van der Waals surface area contributed by atoms with Gasteiger partial charge in [-0.25, -0.2) is 45.6 Å². The number of aromatic nitrogens is 10. The van der Waals surface area contributed by atoms with Crippen LogP contribution in [0.3, 0.4) is 0 Å². The molecule has 0 spiro atoms. The van der Waals surface area contributed by atoms with Gasteiger partial charge in [-0.1, -0.05) is 12.1 Å². The molecule has 0 fully saturated rings.